The standard InChI is InChI=1S/C26H22F2NO4.BrH/c1-2-31-26(30)17-5-3-16(4-6-17)14-29-10-9-18-11-23-24(33-15-32-23)13-21(18)25(29)20-8-7-19(27)12-22(20)28;/h3-8,11-13H,2,9-10,14-15H2,1H3;1H/q+1;/p-1. The third kappa shape index (κ3) is 4.55. The van der Waals surface area contributed by atoms with Crippen molar-refractivity contribution >= 4 is 11.7 Å². The van der Waals surface area contributed by atoms with Crippen LogP contribution < -0.4 is 26.5 Å². The van der Waals surface area contributed by atoms with Crippen LogP contribution in [-0.2, 0) is 17.7 Å². The molecule has 176 valence electrons. The van der Waals surface area contributed by atoms with Crippen LogP contribution in [0.4, 0.5) is 8.78 Å². The molecule has 3 aromatic carbocycles. The Labute approximate surface area is 206 Å². The molecule has 2 heterocycles. The van der Waals surface area contributed by atoms with E-state index < -0.39 is 11.6 Å². The summed E-state index contributed by atoms with van der Waals surface area (Å²) in [6, 6.07) is 14.6. The van der Waals surface area contributed by atoms with Crippen molar-refractivity contribution in [2.24, 2.45) is 0 Å². The molecular formula is C26H22BrF2NO4. The second-order valence-electron chi connectivity index (χ2n) is 7.92. The van der Waals surface area contributed by atoms with Gasteiger partial charge in [-0.2, -0.15) is 0 Å². The minimum atomic E-state index is -0.627. The van der Waals surface area contributed by atoms with Crippen LogP contribution in [0.15, 0.2) is 54.6 Å². The van der Waals surface area contributed by atoms with Crippen LogP contribution in [-0.4, -0.2) is 36.2 Å². The molecule has 0 saturated carbocycles. The zero-order chi connectivity index (χ0) is 22.9. The summed E-state index contributed by atoms with van der Waals surface area (Å²) in [5.74, 6) is -0.337. The summed E-state index contributed by atoms with van der Waals surface area (Å²) in [5, 5.41) is 0. The number of carbonyl (C=O) groups excluding carboxylic acids is 1. The molecular weight excluding hydrogens is 508 g/mol. The third-order valence-corrected chi connectivity index (χ3v) is 5.85. The summed E-state index contributed by atoms with van der Waals surface area (Å²) in [7, 11) is 0. The average molecular weight is 530 g/mol. The van der Waals surface area contributed by atoms with Crippen molar-refractivity contribution in [1.82, 2.24) is 0 Å². The summed E-state index contributed by atoms with van der Waals surface area (Å²) < 4.78 is 46.8. The van der Waals surface area contributed by atoms with E-state index in [2.05, 4.69) is 4.58 Å². The van der Waals surface area contributed by atoms with Crippen molar-refractivity contribution in [3.8, 4) is 11.5 Å². The molecule has 0 N–H and O–H groups in total. The minimum absolute atomic E-state index is 0. The Kier molecular flexibility index (Phi) is 6.97. The Morgan fingerprint density at radius 1 is 1.00 bits per heavy atom. The molecule has 34 heavy (non-hydrogen) atoms. The van der Waals surface area contributed by atoms with Gasteiger partial charge >= 0.3 is 5.97 Å². The predicted octanol–water partition coefficient (Wildman–Crippen LogP) is 1.48. The lowest BCUT2D eigenvalue weighted by Crippen LogP contribution is -3.00. The molecule has 0 spiro atoms. The zero-order valence-electron chi connectivity index (χ0n) is 18.4. The second-order valence-corrected chi connectivity index (χ2v) is 7.92. The van der Waals surface area contributed by atoms with E-state index in [1.54, 1.807) is 19.1 Å². The van der Waals surface area contributed by atoms with E-state index >= 15 is 0 Å². The highest BCUT2D eigenvalue weighted by Gasteiger charge is 2.32. The molecule has 0 amide bonds. The molecule has 0 saturated heterocycles. The van der Waals surface area contributed by atoms with Crippen molar-refractivity contribution in [2.45, 2.75) is 19.9 Å². The highest BCUT2D eigenvalue weighted by Crippen LogP contribution is 2.37. The van der Waals surface area contributed by atoms with E-state index in [0.29, 0.717) is 48.0 Å². The molecule has 2 aliphatic rings. The maximum absolute atomic E-state index is 14.9. The van der Waals surface area contributed by atoms with Crippen LogP contribution >= 0.6 is 0 Å². The Hall–Kier alpha value is -3.26. The fourth-order valence-corrected chi connectivity index (χ4v) is 4.29. The van der Waals surface area contributed by atoms with Crippen molar-refractivity contribution < 1.29 is 49.3 Å². The summed E-state index contributed by atoms with van der Waals surface area (Å²) in [4.78, 5) is 11.9. The number of halogens is 3. The van der Waals surface area contributed by atoms with E-state index in [1.807, 2.05) is 24.3 Å². The smallest absolute Gasteiger partial charge is 0.338 e. The molecule has 0 fully saturated rings. The van der Waals surface area contributed by atoms with E-state index in [9.17, 15) is 13.6 Å². The SMILES string of the molecule is CCOC(=O)c1ccc(C[N+]2=C(c3ccc(F)cc3F)c3cc4c(cc3CC2)OCO4)cc1.[Br-]. The Morgan fingerprint density at radius 3 is 2.44 bits per heavy atom. The van der Waals surface area contributed by atoms with Crippen LogP contribution in [0.2, 0.25) is 0 Å². The predicted molar refractivity (Wildman–Crippen MR) is 117 cm³/mol. The molecule has 5 nitrogen and oxygen atoms in total. The van der Waals surface area contributed by atoms with Gasteiger partial charge in [-0.15, -0.1) is 0 Å². The van der Waals surface area contributed by atoms with Gasteiger partial charge < -0.3 is 31.2 Å². The maximum Gasteiger partial charge on any atom is 0.338 e. The van der Waals surface area contributed by atoms with E-state index in [1.165, 1.54) is 12.1 Å². The largest absolute Gasteiger partial charge is 1.00 e. The number of hydrogen-bond donors (Lipinski definition) is 0. The summed E-state index contributed by atoms with van der Waals surface area (Å²) in [6.07, 6.45) is 0.735. The van der Waals surface area contributed by atoms with Gasteiger partial charge in [-0.05, 0) is 48.9 Å². The molecule has 0 bridgehead atoms. The highest BCUT2D eigenvalue weighted by atomic mass is 79.9. The highest BCUT2D eigenvalue weighted by molar-refractivity contribution is 6.11. The lowest BCUT2D eigenvalue weighted by molar-refractivity contribution is -0.544. The molecule has 0 atom stereocenters. The topological polar surface area (TPSA) is 47.8 Å². The van der Waals surface area contributed by atoms with Gasteiger partial charge in [0.05, 0.1) is 23.3 Å². The quantitative estimate of drug-likeness (QED) is 0.371. The van der Waals surface area contributed by atoms with Gasteiger partial charge in [0.1, 0.15) is 18.2 Å². The Balaban J connectivity index is 0.00000274. The van der Waals surface area contributed by atoms with Crippen LogP contribution in [0.3, 0.4) is 0 Å². The number of nitrogens with zero attached hydrogens (tertiary/aromatic N) is 1. The van der Waals surface area contributed by atoms with Crippen LogP contribution in [0.25, 0.3) is 0 Å². The average Bonchev–Trinajstić information content (AvgIpc) is 3.26. The van der Waals surface area contributed by atoms with E-state index in [-0.39, 0.29) is 29.7 Å². The second kappa shape index (κ2) is 9.93. The molecule has 2 aliphatic heterocycles. The summed E-state index contributed by atoms with van der Waals surface area (Å²) in [5.41, 5.74) is 4.27. The molecule has 0 radical (unpaired) electrons. The van der Waals surface area contributed by atoms with E-state index in [0.717, 1.165) is 29.2 Å². The van der Waals surface area contributed by atoms with Gasteiger partial charge in [0.2, 0.25) is 12.5 Å². The number of rotatable bonds is 5. The van der Waals surface area contributed by atoms with E-state index in [4.69, 9.17) is 14.2 Å². The first-order valence-electron chi connectivity index (χ1n) is 10.8. The van der Waals surface area contributed by atoms with Crippen molar-refractivity contribution in [2.75, 3.05) is 19.9 Å². The van der Waals surface area contributed by atoms with Gasteiger partial charge in [0.25, 0.3) is 0 Å². The van der Waals surface area contributed by atoms with Crippen molar-refractivity contribution in [3.63, 3.8) is 0 Å². The monoisotopic (exact) mass is 529 g/mol. The lowest BCUT2D eigenvalue weighted by atomic mass is 9.91. The Morgan fingerprint density at radius 2 is 1.74 bits per heavy atom. The van der Waals surface area contributed by atoms with Crippen molar-refractivity contribution in [3.05, 3.63) is 94.0 Å². The zero-order valence-corrected chi connectivity index (χ0v) is 20.0. The molecule has 0 aliphatic carbocycles. The van der Waals surface area contributed by atoms with Crippen molar-refractivity contribution in [1.29, 1.82) is 0 Å². The number of fused-ring (bicyclic) bond motifs is 2. The minimum Gasteiger partial charge on any atom is -1.00 e. The van der Waals surface area contributed by atoms with Gasteiger partial charge in [-0.1, -0.05) is 12.1 Å². The fourth-order valence-electron chi connectivity index (χ4n) is 4.29. The number of hydrogen-bond acceptors (Lipinski definition) is 4. The first-order chi connectivity index (χ1) is 16.0. The normalized spacial score (nSPS) is 13.9. The molecule has 5 rings (SSSR count). The number of benzene rings is 3. The van der Waals surface area contributed by atoms with Gasteiger partial charge in [-0.25, -0.2) is 18.2 Å². The van der Waals surface area contributed by atoms with Gasteiger partial charge in [0, 0.05) is 18.1 Å². The molecule has 0 aromatic heterocycles. The number of ether oxygens (including phenoxy) is 3. The van der Waals surface area contributed by atoms with Gasteiger partial charge in [0.15, 0.2) is 18.0 Å². The maximum atomic E-state index is 14.9. The number of esters is 1. The fraction of sp³-hybridized carbons (Fsp3) is 0.231. The molecule has 0 unspecified atom stereocenters. The first kappa shape index (κ1) is 23.9. The van der Waals surface area contributed by atoms with Gasteiger partial charge in [-0.3, -0.25) is 0 Å². The third-order valence-electron chi connectivity index (χ3n) is 5.85. The summed E-state index contributed by atoms with van der Waals surface area (Å²) in [6.45, 7) is 3.35. The lowest BCUT2D eigenvalue weighted by Gasteiger charge is -2.20. The van der Waals surface area contributed by atoms with Crippen LogP contribution in [0.1, 0.15) is 39.5 Å². The molecule has 8 heteroatoms. The van der Waals surface area contributed by atoms with Crippen LogP contribution in [0.5, 0.6) is 11.5 Å². The molecule has 3 aromatic rings. The first-order valence-corrected chi connectivity index (χ1v) is 10.8. The number of carbonyl (C=O) groups is 1. The van der Waals surface area contributed by atoms with Crippen LogP contribution in [0, 0.1) is 11.6 Å². The Bertz CT molecular complexity index is 1270. The summed E-state index contributed by atoms with van der Waals surface area (Å²) >= 11 is 0.